The molecule has 2 saturated heterocycles. The average molecular weight is 293 g/mol. The van der Waals surface area contributed by atoms with Gasteiger partial charge in [0.1, 0.15) is 0 Å². The van der Waals surface area contributed by atoms with Crippen LogP contribution in [0.25, 0.3) is 0 Å². The molecule has 116 valence electrons. The van der Waals surface area contributed by atoms with Crippen molar-refractivity contribution in [2.45, 2.75) is 37.8 Å². The Morgan fingerprint density at radius 1 is 1.43 bits per heavy atom. The Labute approximate surface area is 124 Å². The van der Waals surface area contributed by atoms with E-state index in [1.807, 2.05) is 7.05 Å². The molecular weight excluding hydrogens is 270 g/mol. The molecule has 2 unspecified atom stereocenters. The highest BCUT2D eigenvalue weighted by Crippen LogP contribution is 2.22. The number of carbonyl (C=O) groups is 1. The quantitative estimate of drug-likeness (QED) is 0.882. The molecule has 0 aromatic carbocycles. The van der Waals surface area contributed by atoms with Crippen molar-refractivity contribution >= 4 is 5.91 Å². The Balaban J connectivity index is 1.66. The van der Waals surface area contributed by atoms with Crippen molar-refractivity contribution in [3.8, 4) is 0 Å². The lowest BCUT2D eigenvalue weighted by Crippen LogP contribution is -2.47. The first-order valence-electron chi connectivity index (χ1n) is 7.68. The van der Waals surface area contributed by atoms with Crippen LogP contribution >= 0.6 is 0 Å². The van der Waals surface area contributed by atoms with Crippen LogP contribution in [0.1, 0.15) is 48.2 Å². The van der Waals surface area contributed by atoms with E-state index in [-0.39, 0.29) is 23.8 Å². The van der Waals surface area contributed by atoms with Crippen molar-refractivity contribution in [3.05, 3.63) is 11.7 Å². The zero-order valence-corrected chi connectivity index (χ0v) is 12.7. The second-order valence-electron chi connectivity index (χ2n) is 6.08. The molecule has 0 bridgehead atoms. The first-order chi connectivity index (χ1) is 10.1. The van der Waals surface area contributed by atoms with Gasteiger partial charge in [-0.1, -0.05) is 5.16 Å². The van der Waals surface area contributed by atoms with E-state index >= 15 is 0 Å². The van der Waals surface area contributed by atoms with Gasteiger partial charge in [-0.3, -0.25) is 4.79 Å². The Kier molecular flexibility index (Phi) is 4.21. The van der Waals surface area contributed by atoms with Gasteiger partial charge in [-0.25, -0.2) is 0 Å². The lowest BCUT2D eigenvalue weighted by molar-refractivity contribution is 0.0629. The van der Waals surface area contributed by atoms with E-state index in [2.05, 4.69) is 27.4 Å². The summed E-state index contributed by atoms with van der Waals surface area (Å²) in [6, 6.07) is 0.327. The number of hydrogen-bond acceptors (Lipinski definition) is 6. The standard InChI is InChI=1S/C14H23N5O2/c1-18-8-4-5-10(9-18)19(2)14(20)12-16-13(21-17-12)11-6-3-7-15-11/h10-11,15H,3-9H2,1-2H3. The average Bonchev–Trinajstić information content (AvgIpc) is 3.16. The molecule has 0 spiro atoms. The Hall–Kier alpha value is -1.47. The van der Waals surface area contributed by atoms with Gasteiger partial charge in [0.15, 0.2) is 0 Å². The predicted octanol–water partition coefficient (Wildman–Crippen LogP) is 0.660. The number of amides is 1. The summed E-state index contributed by atoms with van der Waals surface area (Å²) in [6.07, 6.45) is 4.23. The van der Waals surface area contributed by atoms with E-state index in [1.54, 1.807) is 4.90 Å². The summed E-state index contributed by atoms with van der Waals surface area (Å²) in [6.45, 7) is 2.96. The number of likely N-dealkylation sites (N-methyl/N-ethyl adjacent to an activating group) is 2. The molecule has 1 aromatic rings. The molecule has 1 aromatic heterocycles. The minimum atomic E-state index is -0.150. The number of nitrogens with zero attached hydrogens (tertiary/aromatic N) is 4. The molecule has 2 fully saturated rings. The molecule has 3 heterocycles. The third-order valence-corrected chi connectivity index (χ3v) is 4.46. The van der Waals surface area contributed by atoms with Crippen LogP contribution in [-0.2, 0) is 0 Å². The van der Waals surface area contributed by atoms with Crippen LogP contribution < -0.4 is 5.32 Å². The number of nitrogens with one attached hydrogen (secondary N) is 1. The third-order valence-electron chi connectivity index (χ3n) is 4.46. The van der Waals surface area contributed by atoms with Crippen LogP contribution in [0.3, 0.4) is 0 Å². The van der Waals surface area contributed by atoms with Crippen molar-refractivity contribution in [2.75, 3.05) is 33.7 Å². The van der Waals surface area contributed by atoms with E-state index < -0.39 is 0 Å². The number of piperidine rings is 1. The predicted molar refractivity (Wildman–Crippen MR) is 76.9 cm³/mol. The van der Waals surface area contributed by atoms with Gasteiger partial charge in [-0.2, -0.15) is 4.98 Å². The molecule has 2 aliphatic heterocycles. The lowest BCUT2D eigenvalue weighted by atomic mass is 10.1. The maximum atomic E-state index is 12.5. The van der Waals surface area contributed by atoms with Crippen LogP contribution in [0.2, 0.25) is 0 Å². The molecule has 7 heteroatoms. The highest BCUT2D eigenvalue weighted by atomic mass is 16.5. The second kappa shape index (κ2) is 6.11. The number of carbonyl (C=O) groups excluding carboxylic acids is 1. The number of aromatic nitrogens is 2. The Bertz CT molecular complexity index is 497. The van der Waals surface area contributed by atoms with Crippen LogP contribution in [-0.4, -0.2) is 65.6 Å². The first-order valence-corrected chi connectivity index (χ1v) is 7.68. The van der Waals surface area contributed by atoms with E-state index in [0.29, 0.717) is 5.89 Å². The van der Waals surface area contributed by atoms with Gasteiger partial charge in [-0.05, 0) is 45.8 Å². The van der Waals surface area contributed by atoms with Gasteiger partial charge in [0.05, 0.1) is 6.04 Å². The molecule has 21 heavy (non-hydrogen) atoms. The van der Waals surface area contributed by atoms with E-state index in [4.69, 9.17) is 4.52 Å². The van der Waals surface area contributed by atoms with Gasteiger partial charge in [0, 0.05) is 19.6 Å². The molecule has 0 saturated carbocycles. The molecule has 1 N–H and O–H groups in total. The third kappa shape index (κ3) is 3.08. The summed E-state index contributed by atoms with van der Waals surface area (Å²) in [4.78, 5) is 20.8. The first kappa shape index (κ1) is 14.5. The molecule has 7 nitrogen and oxygen atoms in total. The monoisotopic (exact) mass is 293 g/mol. The van der Waals surface area contributed by atoms with Gasteiger partial charge in [0.2, 0.25) is 5.89 Å². The fourth-order valence-electron chi connectivity index (χ4n) is 3.14. The fourth-order valence-corrected chi connectivity index (χ4v) is 3.14. The molecular formula is C14H23N5O2. The minimum absolute atomic E-state index is 0.102. The van der Waals surface area contributed by atoms with E-state index in [1.165, 1.54) is 0 Å². The van der Waals surface area contributed by atoms with Crippen LogP contribution in [0.5, 0.6) is 0 Å². The lowest BCUT2D eigenvalue weighted by Gasteiger charge is -2.35. The molecule has 2 aliphatic rings. The van der Waals surface area contributed by atoms with Crippen molar-refractivity contribution in [2.24, 2.45) is 0 Å². The molecule has 3 rings (SSSR count). The van der Waals surface area contributed by atoms with Crippen LogP contribution in [0.4, 0.5) is 0 Å². The number of rotatable bonds is 3. The smallest absolute Gasteiger partial charge is 0.295 e. The van der Waals surface area contributed by atoms with Gasteiger partial charge in [-0.15, -0.1) is 0 Å². The maximum Gasteiger partial charge on any atom is 0.295 e. The zero-order chi connectivity index (χ0) is 14.8. The summed E-state index contributed by atoms with van der Waals surface area (Å²) in [5.74, 6) is 0.558. The topological polar surface area (TPSA) is 74.5 Å². The van der Waals surface area contributed by atoms with E-state index in [9.17, 15) is 4.79 Å². The minimum Gasteiger partial charge on any atom is -0.337 e. The number of likely N-dealkylation sites (tertiary alicyclic amines) is 1. The van der Waals surface area contributed by atoms with Crippen LogP contribution in [0.15, 0.2) is 4.52 Å². The molecule has 0 radical (unpaired) electrons. The van der Waals surface area contributed by atoms with Crippen molar-refractivity contribution < 1.29 is 9.32 Å². The van der Waals surface area contributed by atoms with Gasteiger partial charge >= 0.3 is 0 Å². The molecule has 0 aliphatic carbocycles. The summed E-state index contributed by atoms with van der Waals surface area (Å²) >= 11 is 0. The molecule has 1 amide bonds. The largest absolute Gasteiger partial charge is 0.337 e. The SMILES string of the molecule is CN1CCCC(N(C)C(=O)c2noc(C3CCCN3)n2)C1. The van der Waals surface area contributed by atoms with Crippen molar-refractivity contribution in [3.63, 3.8) is 0 Å². The van der Waals surface area contributed by atoms with Gasteiger partial charge < -0.3 is 19.6 Å². The zero-order valence-electron chi connectivity index (χ0n) is 12.7. The Morgan fingerprint density at radius 2 is 2.29 bits per heavy atom. The maximum absolute atomic E-state index is 12.5. The summed E-state index contributed by atoms with van der Waals surface area (Å²) < 4.78 is 5.25. The summed E-state index contributed by atoms with van der Waals surface area (Å²) in [7, 11) is 3.92. The second-order valence-corrected chi connectivity index (χ2v) is 6.08. The Morgan fingerprint density at radius 3 is 3.00 bits per heavy atom. The fraction of sp³-hybridized carbons (Fsp3) is 0.786. The number of hydrogen-bond donors (Lipinski definition) is 1. The highest BCUT2D eigenvalue weighted by molar-refractivity contribution is 5.90. The van der Waals surface area contributed by atoms with E-state index in [0.717, 1.165) is 45.3 Å². The van der Waals surface area contributed by atoms with Gasteiger partial charge in [0.25, 0.3) is 11.7 Å². The van der Waals surface area contributed by atoms with Crippen molar-refractivity contribution in [1.29, 1.82) is 0 Å². The summed E-state index contributed by atoms with van der Waals surface area (Å²) in [5, 5.41) is 7.16. The summed E-state index contributed by atoms with van der Waals surface area (Å²) in [5.41, 5.74) is 0. The van der Waals surface area contributed by atoms with Crippen molar-refractivity contribution in [1.82, 2.24) is 25.3 Å². The normalized spacial score (nSPS) is 27.0. The molecule has 2 atom stereocenters. The van der Waals surface area contributed by atoms with Crippen LogP contribution in [0, 0.1) is 0 Å². The highest BCUT2D eigenvalue weighted by Gasteiger charge is 2.29.